The van der Waals surface area contributed by atoms with E-state index in [0.29, 0.717) is 6.41 Å². The second-order valence-electron chi connectivity index (χ2n) is 6.34. The summed E-state index contributed by atoms with van der Waals surface area (Å²) in [6.07, 6.45) is 0.673. The summed E-state index contributed by atoms with van der Waals surface area (Å²) in [4.78, 5) is 26.8. The van der Waals surface area contributed by atoms with E-state index in [0.717, 1.165) is 37.6 Å². The summed E-state index contributed by atoms with van der Waals surface area (Å²) in [7, 11) is 0. The third-order valence-corrected chi connectivity index (χ3v) is 3.67. The number of hydrogen-bond acceptors (Lipinski definition) is 3. The minimum atomic E-state index is -0.315. The molecule has 0 spiro atoms. The van der Waals surface area contributed by atoms with Gasteiger partial charge in [0.05, 0.1) is 0 Å². The summed E-state index contributed by atoms with van der Waals surface area (Å²) in [6.45, 7) is 9.06. The van der Waals surface area contributed by atoms with Crippen LogP contribution in [0.4, 0.5) is 11.4 Å². The quantitative estimate of drug-likeness (QED) is 0.865. The van der Waals surface area contributed by atoms with Gasteiger partial charge in [-0.25, -0.2) is 0 Å². The van der Waals surface area contributed by atoms with Crippen molar-refractivity contribution in [3.63, 3.8) is 0 Å². The Labute approximate surface area is 125 Å². The van der Waals surface area contributed by atoms with Crippen LogP contribution in [0.15, 0.2) is 24.3 Å². The highest BCUT2D eigenvalue weighted by atomic mass is 16.2. The third kappa shape index (κ3) is 3.74. The van der Waals surface area contributed by atoms with Crippen LogP contribution in [-0.2, 0) is 9.59 Å². The number of benzene rings is 1. The molecule has 1 aliphatic rings. The fraction of sp³-hybridized carbons (Fsp3) is 0.500. The minimum Gasteiger partial charge on any atom is -0.368 e. The van der Waals surface area contributed by atoms with Gasteiger partial charge in [-0.1, -0.05) is 20.8 Å². The molecule has 114 valence electrons. The van der Waals surface area contributed by atoms with Crippen LogP contribution in [0.1, 0.15) is 20.8 Å². The van der Waals surface area contributed by atoms with Gasteiger partial charge in [0.25, 0.3) is 0 Å². The molecule has 1 aromatic rings. The Hall–Kier alpha value is -2.04. The number of piperazine rings is 1. The first-order valence-electron chi connectivity index (χ1n) is 7.26. The summed E-state index contributed by atoms with van der Waals surface area (Å²) >= 11 is 0. The van der Waals surface area contributed by atoms with Crippen molar-refractivity contribution in [1.29, 1.82) is 0 Å². The fourth-order valence-electron chi connectivity index (χ4n) is 2.48. The van der Waals surface area contributed by atoms with Gasteiger partial charge >= 0.3 is 0 Å². The van der Waals surface area contributed by atoms with Gasteiger partial charge in [0.15, 0.2) is 0 Å². The van der Waals surface area contributed by atoms with Crippen LogP contribution < -0.4 is 10.2 Å². The van der Waals surface area contributed by atoms with E-state index in [4.69, 9.17) is 0 Å². The molecule has 2 rings (SSSR count). The van der Waals surface area contributed by atoms with Crippen LogP contribution in [0.25, 0.3) is 0 Å². The molecule has 0 bridgehead atoms. The number of nitrogens with zero attached hydrogens (tertiary/aromatic N) is 2. The molecule has 1 saturated heterocycles. The van der Waals surface area contributed by atoms with Crippen LogP contribution in [-0.4, -0.2) is 43.4 Å². The molecule has 0 aliphatic carbocycles. The molecule has 0 radical (unpaired) electrons. The lowest BCUT2D eigenvalue weighted by molar-refractivity contribution is -0.139. The molecule has 0 unspecified atom stereocenters. The van der Waals surface area contributed by atoms with Gasteiger partial charge in [0, 0.05) is 43.0 Å². The monoisotopic (exact) mass is 289 g/mol. The second-order valence-corrected chi connectivity index (χ2v) is 6.34. The first-order valence-corrected chi connectivity index (χ1v) is 7.26. The fourth-order valence-corrected chi connectivity index (χ4v) is 2.48. The highest BCUT2D eigenvalue weighted by molar-refractivity contribution is 5.81. The molecule has 5 heteroatoms. The van der Waals surface area contributed by atoms with Crippen LogP contribution in [0, 0.1) is 5.41 Å². The first-order chi connectivity index (χ1) is 9.91. The number of carbonyl (C=O) groups is 2. The zero-order valence-corrected chi connectivity index (χ0v) is 12.9. The Balaban J connectivity index is 1.94. The van der Waals surface area contributed by atoms with Gasteiger partial charge < -0.3 is 15.1 Å². The molecule has 2 amide bonds. The summed E-state index contributed by atoms with van der Waals surface area (Å²) < 4.78 is 0. The van der Waals surface area contributed by atoms with E-state index in [2.05, 4.69) is 10.2 Å². The molecule has 21 heavy (non-hydrogen) atoms. The predicted octanol–water partition coefficient (Wildman–Crippen LogP) is 1.95. The highest BCUT2D eigenvalue weighted by Gasteiger charge is 2.29. The maximum absolute atomic E-state index is 12.2. The zero-order chi connectivity index (χ0) is 15.5. The Morgan fingerprint density at radius 1 is 1.10 bits per heavy atom. The van der Waals surface area contributed by atoms with Gasteiger partial charge in [0.2, 0.25) is 12.3 Å². The van der Waals surface area contributed by atoms with Crippen LogP contribution in [0.5, 0.6) is 0 Å². The highest BCUT2D eigenvalue weighted by Crippen LogP contribution is 2.22. The van der Waals surface area contributed by atoms with E-state index in [-0.39, 0.29) is 11.3 Å². The largest absolute Gasteiger partial charge is 0.368 e. The third-order valence-electron chi connectivity index (χ3n) is 3.67. The molecule has 0 atom stereocenters. The van der Waals surface area contributed by atoms with Crippen molar-refractivity contribution in [2.24, 2.45) is 5.41 Å². The van der Waals surface area contributed by atoms with Crippen molar-refractivity contribution >= 4 is 23.7 Å². The minimum absolute atomic E-state index is 0.215. The molecule has 1 aliphatic heterocycles. The molecule has 0 aromatic heterocycles. The van der Waals surface area contributed by atoms with Gasteiger partial charge in [-0.15, -0.1) is 0 Å². The van der Waals surface area contributed by atoms with Crippen molar-refractivity contribution in [3.8, 4) is 0 Å². The van der Waals surface area contributed by atoms with Gasteiger partial charge in [-0.3, -0.25) is 9.59 Å². The van der Waals surface area contributed by atoms with Gasteiger partial charge in [0.1, 0.15) is 0 Å². The Morgan fingerprint density at radius 2 is 1.67 bits per heavy atom. The Kier molecular flexibility index (Phi) is 4.50. The average Bonchev–Trinajstić information content (AvgIpc) is 2.47. The average molecular weight is 289 g/mol. The molecule has 0 saturated carbocycles. The summed E-state index contributed by atoms with van der Waals surface area (Å²) in [5.74, 6) is 0.215. The number of hydrogen-bond donors (Lipinski definition) is 1. The van der Waals surface area contributed by atoms with Gasteiger partial charge in [-0.05, 0) is 24.3 Å². The summed E-state index contributed by atoms with van der Waals surface area (Å²) in [5, 5.41) is 2.62. The normalized spacial score (nSPS) is 15.8. The summed E-state index contributed by atoms with van der Waals surface area (Å²) in [6, 6.07) is 7.76. The van der Waals surface area contributed by atoms with Gasteiger partial charge in [-0.2, -0.15) is 0 Å². The van der Waals surface area contributed by atoms with E-state index in [9.17, 15) is 9.59 Å². The van der Waals surface area contributed by atoms with E-state index in [1.165, 1.54) is 0 Å². The maximum atomic E-state index is 12.2. The van der Waals surface area contributed by atoms with Crippen molar-refractivity contribution in [2.45, 2.75) is 20.8 Å². The number of carbonyl (C=O) groups excluding carboxylic acids is 2. The molecule has 5 nitrogen and oxygen atoms in total. The zero-order valence-electron chi connectivity index (χ0n) is 12.9. The summed E-state index contributed by atoms with van der Waals surface area (Å²) in [5.41, 5.74) is 1.59. The van der Waals surface area contributed by atoms with Crippen molar-refractivity contribution < 1.29 is 9.59 Å². The lowest BCUT2D eigenvalue weighted by Crippen LogP contribution is -2.51. The molecule has 1 heterocycles. The Morgan fingerprint density at radius 3 is 2.14 bits per heavy atom. The number of anilines is 2. The topological polar surface area (TPSA) is 52.7 Å². The molecule has 1 aromatic carbocycles. The lowest BCUT2D eigenvalue weighted by atomic mass is 9.94. The molecule has 1 fully saturated rings. The van der Waals surface area contributed by atoms with Crippen LogP contribution in [0.3, 0.4) is 0 Å². The standard InChI is InChI=1S/C16H23N3O2/c1-16(2,3)15(21)19-10-8-18(9-11-19)14-6-4-13(5-7-14)17-12-20/h4-7,12H,8-11H2,1-3H3,(H,17,20). The van der Waals surface area contributed by atoms with Crippen LogP contribution in [0.2, 0.25) is 0 Å². The number of nitrogens with one attached hydrogen (secondary N) is 1. The Bertz CT molecular complexity index is 497. The van der Waals surface area contributed by atoms with E-state index >= 15 is 0 Å². The molecular formula is C16H23N3O2. The number of rotatable bonds is 3. The van der Waals surface area contributed by atoms with Crippen molar-refractivity contribution in [1.82, 2.24) is 4.90 Å². The molecule has 1 N–H and O–H groups in total. The van der Waals surface area contributed by atoms with E-state index in [1.807, 2.05) is 49.9 Å². The van der Waals surface area contributed by atoms with Crippen LogP contribution >= 0.6 is 0 Å². The van der Waals surface area contributed by atoms with Crippen molar-refractivity contribution in [2.75, 3.05) is 36.4 Å². The molecular weight excluding hydrogens is 266 g/mol. The maximum Gasteiger partial charge on any atom is 0.228 e. The smallest absolute Gasteiger partial charge is 0.228 e. The predicted molar refractivity (Wildman–Crippen MR) is 84.4 cm³/mol. The lowest BCUT2D eigenvalue weighted by Gasteiger charge is -2.38. The van der Waals surface area contributed by atoms with Crippen molar-refractivity contribution in [3.05, 3.63) is 24.3 Å². The second kappa shape index (κ2) is 6.16. The number of amides is 2. The first kappa shape index (κ1) is 15.4. The van der Waals surface area contributed by atoms with E-state index in [1.54, 1.807) is 0 Å². The SMILES string of the molecule is CC(C)(C)C(=O)N1CCN(c2ccc(NC=O)cc2)CC1. The van der Waals surface area contributed by atoms with E-state index < -0.39 is 0 Å².